The molecule has 4 nitrogen and oxygen atoms in total. The van der Waals surface area contributed by atoms with Crippen LogP contribution in [0.5, 0.6) is 0 Å². The molecule has 2 aromatic heterocycles. The summed E-state index contributed by atoms with van der Waals surface area (Å²) in [7, 11) is 0. The monoisotopic (exact) mass is 974 g/mol. The zero-order valence-electron chi connectivity index (χ0n) is 42.2. The van der Waals surface area contributed by atoms with Gasteiger partial charge in [-0.15, -0.1) is 0 Å². The standard InChI is InChI=1S/C72H54N4/c1-7-27-64-57(20-1)58-21-2-8-28-65(58)73(64)52-39-34-47(35-40-52)48-36-41-53(42-37-48)74-69-32-12-6-25-62(69)72-56(26-15-33-71(72)74)51-38-43-70-63(46-51)61-24-5-11-31-68(61)76(70)55-19-14-17-50(45-55)49-16-13-18-54(44-49)75-66-29-9-3-22-59(66)60-23-4-10-30-67(60)75/h1,3-5,7-20,22-24,26-46,57,64,71-72H,2,6,21,25H2/t57?,64?,71?,72-/m0/s1. The topological polar surface area (TPSA) is 16.3 Å². The normalized spacial score (nSPS) is 20.3. The van der Waals surface area contributed by atoms with Gasteiger partial charge in [0.15, 0.2) is 0 Å². The number of hydrogen-bond acceptors (Lipinski definition) is 2. The lowest BCUT2D eigenvalue weighted by molar-refractivity contribution is 0.658. The highest BCUT2D eigenvalue weighted by molar-refractivity contribution is 6.11. The average molecular weight is 975 g/mol. The van der Waals surface area contributed by atoms with E-state index in [0.29, 0.717) is 12.0 Å². The van der Waals surface area contributed by atoms with E-state index in [2.05, 4.69) is 274 Å². The largest absolute Gasteiger partial charge is 0.334 e. The van der Waals surface area contributed by atoms with E-state index in [1.54, 1.807) is 11.1 Å². The summed E-state index contributed by atoms with van der Waals surface area (Å²) in [4.78, 5) is 5.17. The molecule has 2 aliphatic heterocycles. The van der Waals surface area contributed by atoms with Gasteiger partial charge in [-0.05, 0) is 161 Å². The number of allylic oxidation sites excluding steroid dienone is 8. The number of fused-ring (bicyclic) bond motifs is 10. The highest BCUT2D eigenvalue weighted by Gasteiger charge is 2.43. The Morgan fingerprint density at radius 2 is 0.855 bits per heavy atom. The molecule has 0 spiro atoms. The second-order valence-corrected chi connectivity index (χ2v) is 21.4. The van der Waals surface area contributed by atoms with Crippen molar-refractivity contribution in [1.29, 1.82) is 0 Å². The Bertz CT molecular complexity index is 4260. The van der Waals surface area contributed by atoms with Crippen molar-refractivity contribution in [3.8, 4) is 33.6 Å². The third kappa shape index (κ3) is 6.63. The summed E-state index contributed by atoms with van der Waals surface area (Å²) in [6.07, 6.45) is 30.2. The number of anilines is 2. The molecule has 6 aliphatic rings. The molecule has 3 unspecified atom stereocenters. The molecule has 4 aliphatic carbocycles. The van der Waals surface area contributed by atoms with Crippen molar-refractivity contribution in [2.24, 2.45) is 11.8 Å². The summed E-state index contributed by atoms with van der Waals surface area (Å²) < 4.78 is 4.87. The minimum atomic E-state index is 0.187. The van der Waals surface area contributed by atoms with Crippen LogP contribution in [0.25, 0.3) is 82.8 Å². The number of benzene rings is 8. The second kappa shape index (κ2) is 17.2. The van der Waals surface area contributed by atoms with Crippen LogP contribution in [-0.4, -0.2) is 21.2 Å². The first-order valence-corrected chi connectivity index (χ1v) is 27.3. The fourth-order valence-corrected chi connectivity index (χ4v) is 14.1. The Morgan fingerprint density at radius 1 is 0.355 bits per heavy atom. The summed E-state index contributed by atoms with van der Waals surface area (Å²) in [5.41, 5.74) is 23.1. The SMILES string of the molecule is C1=CC2C3=C(C=CCC3)N(c3ccc(-c4ccc(N5C6=C(CCC=C6)[C@@H]6C(c7ccc8c(c7)c7ccccc7n8-c7cccc(-c8cccc(-n9c%10ccccc%10c%10ccccc%109)c8)c7)=CC=CC65)cc4)cc3)C2C=C1. The van der Waals surface area contributed by atoms with Crippen molar-refractivity contribution >= 4 is 60.6 Å². The Labute approximate surface area is 443 Å². The molecule has 0 bridgehead atoms. The third-order valence-corrected chi connectivity index (χ3v) is 17.4. The fraction of sp³-hybridized carbons (Fsp3) is 0.111. The van der Waals surface area contributed by atoms with Gasteiger partial charge in [-0.1, -0.05) is 164 Å². The predicted octanol–water partition coefficient (Wildman–Crippen LogP) is 17.8. The Kier molecular flexibility index (Phi) is 9.81. The molecule has 4 heterocycles. The fourth-order valence-electron chi connectivity index (χ4n) is 14.1. The van der Waals surface area contributed by atoms with E-state index in [9.17, 15) is 0 Å². The van der Waals surface area contributed by atoms with E-state index in [4.69, 9.17) is 0 Å². The quantitative estimate of drug-likeness (QED) is 0.158. The minimum Gasteiger partial charge on any atom is -0.334 e. The van der Waals surface area contributed by atoms with E-state index in [1.807, 2.05) is 0 Å². The molecule has 0 saturated heterocycles. The van der Waals surface area contributed by atoms with Crippen molar-refractivity contribution in [2.45, 2.75) is 37.8 Å². The van der Waals surface area contributed by atoms with Gasteiger partial charge in [-0.2, -0.15) is 0 Å². The second-order valence-electron chi connectivity index (χ2n) is 21.4. The van der Waals surface area contributed by atoms with Crippen molar-refractivity contribution < 1.29 is 0 Å². The number of para-hydroxylation sites is 3. The van der Waals surface area contributed by atoms with Crippen LogP contribution in [0.3, 0.4) is 0 Å². The lowest BCUT2D eigenvalue weighted by Crippen LogP contribution is -2.33. The molecule has 0 N–H and O–H groups in total. The Morgan fingerprint density at radius 3 is 1.47 bits per heavy atom. The highest BCUT2D eigenvalue weighted by atomic mass is 15.2. The summed E-state index contributed by atoms with van der Waals surface area (Å²) in [5.74, 6) is 0.720. The number of nitrogens with zero attached hydrogens (tertiary/aromatic N) is 4. The Balaban J connectivity index is 0.708. The van der Waals surface area contributed by atoms with Crippen LogP contribution in [0.2, 0.25) is 0 Å². The van der Waals surface area contributed by atoms with Crippen molar-refractivity contribution in [3.63, 3.8) is 0 Å². The van der Waals surface area contributed by atoms with Crippen molar-refractivity contribution in [1.82, 2.24) is 9.13 Å². The molecule has 0 saturated carbocycles. The van der Waals surface area contributed by atoms with Gasteiger partial charge in [0.2, 0.25) is 0 Å². The Hall–Kier alpha value is -9.12. The van der Waals surface area contributed by atoms with Gasteiger partial charge in [0, 0.05) is 67.5 Å². The zero-order valence-corrected chi connectivity index (χ0v) is 42.2. The van der Waals surface area contributed by atoms with E-state index in [1.165, 1.54) is 99.8 Å². The summed E-state index contributed by atoms with van der Waals surface area (Å²) in [5, 5.41) is 5.08. The summed E-state index contributed by atoms with van der Waals surface area (Å²) in [6.45, 7) is 0. The van der Waals surface area contributed by atoms with Gasteiger partial charge in [0.25, 0.3) is 0 Å². The van der Waals surface area contributed by atoms with Gasteiger partial charge in [-0.25, -0.2) is 0 Å². The van der Waals surface area contributed by atoms with Crippen LogP contribution in [0.1, 0.15) is 31.2 Å². The maximum atomic E-state index is 2.61. The number of rotatable bonds is 7. The number of hydrogen-bond donors (Lipinski definition) is 0. The molecule has 4 heteroatoms. The van der Waals surface area contributed by atoms with Gasteiger partial charge >= 0.3 is 0 Å². The smallest absolute Gasteiger partial charge is 0.0632 e. The molecule has 76 heavy (non-hydrogen) atoms. The first kappa shape index (κ1) is 43.3. The lowest BCUT2D eigenvalue weighted by atomic mass is 9.78. The first-order chi connectivity index (χ1) is 37.7. The van der Waals surface area contributed by atoms with Crippen LogP contribution in [0, 0.1) is 11.8 Å². The molecule has 10 aromatic rings. The van der Waals surface area contributed by atoms with Crippen molar-refractivity contribution in [3.05, 3.63) is 283 Å². The molecule has 0 radical (unpaired) electrons. The molecule has 4 atom stereocenters. The molecule has 362 valence electrons. The third-order valence-electron chi connectivity index (χ3n) is 17.4. The van der Waals surface area contributed by atoms with E-state index >= 15 is 0 Å². The summed E-state index contributed by atoms with van der Waals surface area (Å²) >= 11 is 0. The molecular formula is C72H54N4. The average Bonchev–Trinajstić information content (AvgIpc) is 4.28. The molecule has 0 fully saturated rings. The van der Waals surface area contributed by atoms with Gasteiger partial charge in [-0.3, -0.25) is 0 Å². The van der Waals surface area contributed by atoms with Crippen LogP contribution >= 0.6 is 0 Å². The van der Waals surface area contributed by atoms with Crippen LogP contribution in [-0.2, 0) is 0 Å². The summed E-state index contributed by atoms with van der Waals surface area (Å²) in [6, 6.07) is 70.9. The molecule has 0 amide bonds. The maximum Gasteiger partial charge on any atom is 0.0632 e. The van der Waals surface area contributed by atoms with Crippen LogP contribution in [0.4, 0.5) is 11.4 Å². The maximum absolute atomic E-state index is 2.61. The molecule has 16 rings (SSSR count). The molecule has 8 aromatic carbocycles. The van der Waals surface area contributed by atoms with E-state index in [0.717, 1.165) is 37.1 Å². The van der Waals surface area contributed by atoms with Gasteiger partial charge < -0.3 is 18.9 Å². The van der Waals surface area contributed by atoms with E-state index < -0.39 is 0 Å². The zero-order chi connectivity index (χ0) is 49.8. The minimum absolute atomic E-state index is 0.187. The van der Waals surface area contributed by atoms with E-state index in [-0.39, 0.29) is 12.0 Å². The lowest BCUT2D eigenvalue weighted by Gasteiger charge is -2.33. The van der Waals surface area contributed by atoms with Crippen molar-refractivity contribution in [2.75, 3.05) is 9.80 Å². The predicted molar refractivity (Wildman–Crippen MR) is 318 cm³/mol. The van der Waals surface area contributed by atoms with Crippen LogP contribution in [0.15, 0.2) is 277 Å². The van der Waals surface area contributed by atoms with Gasteiger partial charge in [0.05, 0.1) is 34.2 Å². The first-order valence-electron chi connectivity index (χ1n) is 27.3. The highest BCUT2D eigenvalue weighted by Crippen LogP contribution is 2.51. The molecular weight excluding hydrogens is 921 g/mol. The van der Waals surface area contributed by atoms with Gasteiger partial charge in [0.1, 0.15) is 0 Å². The number of aromatic nitrogens is 2. The van der Waals surface area contributed by atoms with Crippen LogP contribution < -0.4 is 9.80 Å².